The highest BCUT2D eigenvalue weighted by atomic mass is 32.2. The minimum Gasteiger partial charge on any atom is -0.486 e. The summed E-state index contributed by atoms with van der Waals surface area (Å²) in [6.45, 7) is 5.76. The molecule has 2 aliphatic rings. The molecule has 0 radical (unpaired) electrons. The molecule has 7 nitrogen and oxygen atoms in total. The summed E-state index contributed by atoms with van der Waals surface area (Å²) in [4.78, 5) is 29.0. The zero-order valence-electron chi connectivity index (χ0n) is 19.7. The average molecular weight is 480 g/mol. The van der Waals surface area contributed by atoms with Gasteiger partial charge in [-0.25, -0.2) is 0 Å². The summed E-state index contributed by atoms with van der Waals surface area (Å²) in [7, 11) is 1.99. The van der Waals surface area contributed by atoms with Gasteiger partial charge < -0.3 is 19.4 Å². The number of fused-ring (bicyclic) bond motifs is 4. The van der Waals surface area contributed by atoms with Crippen molar-refractivity contribution in [1.29, 1.82) is 0 Å². The molecule has 2 amide bonds. The minimum atomic E-state index is -0.793. The second-order valence-electron chi connectivity index (χ2n) is 9.05. The van der Waals surface area contributed by atoms with E-state index in [2.05, 4.69) is 29.8 Å². The van der Waals surface area contributed by atoms with Gasteiger partial charge in [-0.15, -0.1) is 0 Å². The molecule has 1 N–H and O–H groups in total. The van der Waals surface area contributed by atoms with Crippen LogP contribution in [0.25, 0.3) is 10.9 Å². The first kappa shape index (κ1) is 22.7. The highest BCUT2D eigenvalue weighted by Gasteiger charge is 2.40. The Morgan fingerprint density at radius 2 is 1.91 bits per heavy atom. The number of benzene rings is 2. The number of nitrogens with one attached hydrogen (secondary N) is 1. The van der Waals surface area contributed by atoms with Gasteiger partial charge in [-0.3, -0.25) is 14.5 Å². The summed E-state index contributed by atoms with van der Waals surface area (Å²) in [5, 5.41) is 5.03. The van der Waals surface area contributed by atoms with Gasteiger partial charge in [-0.1, -0.05) is 43.8 Å². The zero-order valence-corrected chi connectivity index (χ0v) is 20.5. The van der Waals surface area contributed by atoms with Crippen LogP contribution >= 0.6 is 11.8 Å². The summed E-state index contributed by atoms with van der Waals surface area (Å²) >= 11 is 1.48. The molecule has 5 rings (SSSR count). The van der Waals surface area contributed by atoms with Gasteiger partial charge in [0.2, 0.25) is 11.8 Å². The van der Waals surface area contributed by atoms with Crippen molar-refractivity contribution >= 4 is 40.2 Å². The van der Waals surface area contributed by atoms with E-state index in [0.29, 0.717) is 42.9 Å². The quantitative estimate of drug-likeness (QED) is 0.591. The van der Waals surface area contributed by atoms with Gasteiger partial charge in [-0.2, -0.15) is 0 Å². The van der Waals surface area contributed by atoms with E-state index in [0.717, 1.165) is 27.9 Å². The third-order valence-electron chi connectivity index (χ3n) is 6.30. The van der Waals surface area contributed by atoms with E-state index in [4.69, 9.17) is 9.47 Å². The van der Waals surface area contributed by atoms with Crippen LogP contribution in [-0.2, 0) is 16.6 Å². The molecule has 0 saturated carbocycles. The van der Waals surface area contributed by atoms with Crippen molar-refractivity contribution in [2.45, 2.75) is 31.3 Å². The van der Waals surface area contributed by atoms with Gasteiger partial charge in [0.1, 0.15) is 19.3 Å². The topological polar surface area (TPSA) is 72.8 Å². The number of nitrogens with zero attached hydrogens (tertiary/aromatic N) is 2. The fourth-order valence-electron chi connectivity index (χ4n) is 4.61. The van der Waals surface area contributed by atoms with Crippen LogP contribution in [0.5, 0.6) is 11.5 Å². The van der Waals surface area contributed by atoms with Gasteiger partial charge in [0.25, 0.3) is 0 Å². The number of thioether (sulfide) groups is 1. The molecule has 2 aliphatic heterocycles. The maximum atomic E-state index is 13.8. The molecular weight excluding hydrogens is 450 g/mol. The Morgan fingerprint density at radius 1 is 1.15 bits per heavy atom. The number of para-hydroxylation sites is 1. The molecule has 1 atom stereocenters. The third kappa shape index (κ3) is 4.00. The van der Waals surface area contributed by atoms with Crippen molar-refractivity contribution in [3.8, 4) is 11.5 Å². The van der Waals surface area contributed by atoms with E-state index in [-0.39, 0.29) is 17.6 Å². The van der Waals surface area contributed by atoms with Gasteiger partial charge in [0, 0.05) is 41.8 Å². The highest BCUT2D eigenvalue weighted by molar-refractivity contribution is 8.00. The first-order chi connectivity index (χ1) is 16.5. The Hall–Kier alpha value is -3.13. The Morgan fingerprint density at radius 3 is 2.71 bits per heavy atom. The van der Waals surface area contributed by atoms with Crippen LogP contribution in [0, 0.1) is 5.92 Å². The van der Waals surface area contributed by atoms with Gasteiger partial charge in [-0.05, 0) is 30.5 Å². The van der Waals surface area contributed by atoms with E-state index in [1.54, 1.807) is 4.90 Å². The van der Waals surface area contributed by atoms with E-state index >= 15 is 0 Å². The second kappa shape index (κ2) is 9.25. The lowest BCUT2D eigenvalue weighted by Gasteiger charge is -2.31. The van der Waals surface area contributed by atoms with Crippen LogP contribution in [0.1, 0.15) is 31.9 Å². The summed E-state index contributed by atoms with van der Waals surface area (Å²) < 4.78 is 13.5. The Kier molecular flexibility index (Phi) is 6.16. The van der Waals surface area contributed by atoms with Crippen LogP contribution in [0.4, 0.5) is 5.69 Å². The average Bonchev–Trinajstić information content (AvgIpc) is 3.01. The number of hydrogen-bond acceptors (Lipinski definition) is 5. The summed E-state index contributed by atoms with van der Waals surface area (Å²) in [5.74, 6) is 1.64. The zero-order chi connectivity index (χ0) is 23.8. The predicted octanol–water partition coefficient (Wildman–Crippen LogP) is 4.29. The predicted molar refractivity (Wildman–Crippen MR) is 134 cm³/mol. The van der Waals surface area contributed by atoms with Crippen LogP contribution in [0.3, 0.4) is 0 Å². The number of aryl methyl sites for hydroxylation is 1. The van der Waals surface area contributed by atoms with Gasteiger partial charge >= 0.3 is 0 Å². The fourth-order valence-corrected chi connectivity index (χ4v) is 5.68. The van der Waals surface area contributed by atoms with Crippen molar-refractivity contribution < 1.29 is 19.1 Å². The van der Waals surface area contributed by atoms with Crippen molar-refractivity contribution in [3.63, 3.8) is 0 Å². The van der Waals surface area contributed by atoms with Crippen LogP contribution in [-0.4, -0.2) is 41.9 Å². The lowest BCUT2D eigenvalue weighted by Crippen LogP contribution is -2.44. The van der Waals surface area contributed by atoms with Gasteiger partial charge in [0.05, 0.1) is 10.8 Å². The largest absolute Gasteiger partial charge is 0.486 e. The Bertz CT molecular complexity index is 1250. The number of aromatic nitrogens is 1. The monoisotopic (exact) mass is 479 g/mol. The van der Waals surface area contributed by atoms with E-state index in [1.165, 1.54) is 11.8 Å². The molecule has 0 unspecified atom stereocenters. The van der Waals surface area contributed by atoms with E-state index < -0.39 is 6.04 Å². The van der Waals surface area contributed by atoms with Gasteiger partial charge in [0.15, 0.2) is 11.5 Å². The lowest BCUT2D eigenvalue weighted by molar-refractivity contribution is -0.125. The number of hydrogen-bond donors (Lipinski definition) is 1. The lowest BCUT2D eigenvalue weighted by atomic mass is 10.0. The Balaban J connectivity index is 1.65. The standard InChI is InChI=1S/C26H29N3O4S/c1-16(2)10-11-27-25(31)24-23-18-6-4-5-7-19(18)28(3)26(23)34-15-22(30)29(24)17-8-9-20-21(14-17)33-13-12-32-20/h4-9,14,16,24H,10-13,15H2,1-3H3,(H,27,31)/t24-/m1/s1. The first-order valence-electron chi connectivity index (χ1n) is 11.6. The molecule has 0 spiro atoms. The number of carbonyl (C=O) groups is 2. The molecule has 0 fully saturated rings. The SMILES string of the molecule is CC(C)CCNC(=O)[C@H]1c2c(n(C)c3ccccc23)SCC(=O)N1c1ccc2c(c1)OCCO2. The van der Waals surface area contributed by atoms with Crippen LogP contribution in [0.15, 0.2) is 47.5 Å². The maximum Gasteiger partial charge on any atom is 0.247 e. The van der Waals surface area contributed by atoms with Crippen LogP contribution < -0.4 is 19.7 Å². The fraction of sp³-hybridized carbons (Fsp3) is 0.385. The maximum absolute atomic E-state index is 13.8. The molecule has 2 aromatic carbocycles. The number of rotatable bonds is 5. The molecule has 178 valence electrons. The second-order valence-corrected chi connectivity index (χ2v) is 10.0. The van der Waals surface area contributed by atoms with Crippen LogP contribution in [0.2, 0.25) is 0 Å². The molecule has 1 aromatic heterocycles. The van der Waals surface area contributed by atoms with Crippen molar-refractivity contribution in [2.24, 2.45) is 13.0 Å². The molecule has 3 heterocycles. The summed E-state index contributed by atoms with van der Waals surface area (Å²) in [6.07, 6.45) is 0.869. The van der Waals surface area contributed by atoms with E-state index in [9.17, 15) is 9.59 Å². The summed E-state index contributed by atoms with van der Waals surface area (Å²) in [6, 6.07) is 12.7. The minimum absolute atomic E-state index is 0.119. The van der Waals surface area contributed by atoms with E-state index in [1.807, 2.05) is 43.4 Å². The molecule has 3 aromatic rings. The normalized spacial score (nSPS) is 17.6. The molecular formula is C26H29N3O4S. The van der Waals surface area contributed by atoms with Crippen molar-refractivity contribution in [3.05, 3.63) is 48.0 Å². The summed E-state index contributed by atoms with van der Waals surface area (Å²) in [5.41, 5.74) is 2.53. The molecule has 8 heteroatoms. The molecule has 0 bridgehead atoms. The highest BCUT2D eigenvalue weighted by Crippen LogP contribution is 2.44. The number of anilines is 1. The number of amides is 2. The smallest absolute Gasteiger partial charge is 0.247 e. The Labute approximate surface area is 203 Å². The first-order valence-corrected chi connectivity index (χ1v) is 12.6. The van der Waals surface area contributed by atoms with Crippen molar-refractivity contribution in [1.82, 2.24) is 9.88 Å². The number of carbonyl (C=O) groups excluding carboxylic acids is 2. The molecule has 0 aliphatic carbocycles. The number of ether oxygens (including phenoxy) is 2. The molecule has 34 heavy (non-hydrogen) atoms. The van der Waals surface area contributed by atoms with Crippen molar-refractivity contribution in [2.75, 3.05) is 30.4 Å². The third-order valence-corrected chi connectivity index (χ3v) is 7.46. The molecule has 0 saturated heterocycles.